The predicted molar refractivity (Wildman–Crippen MR) is 68.2 cm³/mol. The first-order valence-corrected chi connectivity index (χ1v) is 5.43. The van der Waals surface area contributed by atoms with Crippen molar-refractivity contribution >= 4 is 16.9 Å². The summed E-state index contributed by atoms with van der Waals surface area (Å²) in [6.45, 7) is 0. The minimum Gasteiger partial charge on any atom is -0.495 e. The maximum Gasteiger partial charge on any atom is 0.229 e. The van der Waals surface area contributed by atoms with Crippen LogP contribution in [0.1, 0.15) is 0 Å². The minimum absolute atomic E-state index is 0.502. The van der Waals surface area contributed by atoms with E-state index in [1.54, 1.807) is 31.5 Å². The van der Waals surface area contributed by atoms with Crippen LogP contribution in [-0.2, 0) is 0 Å². The van der Waals surface area contributed by atoms with E-state index in [0.717, 1.165) is 5.56 Å². The molecule has 5 nitrogen and oxygen atoms in total. The molecule has 2 N–H and O–H groups in total. The van der Waals surface area contributed by atoms with E-state index in [2.05, 4.69) is 9.97 Å². The van der Waals surface area contributed by atoms with Crippen molar-refractivity contribution in [3.63, 3.8) is 0 Å². The second-order valence-electron chi connectivity index (χ2n) is 3.80. The summed E-state index contributed by atoms with van der Waals surface area (Å²) in [5.74, 6) is 1.10. The normalized spacial score (nSPS) is 10.7. The van der Waals surface area contributed by atoms with Gasteiger partial charge >= 0.3 is 0 Å². The highest BCUT2D eigenvalue weighted by molar-refractivity contribution is 5.73. The molecule has 0 atom stereocenters. The first kappa shape index (κ1) is 10.6. The lowest BCUT2D eigenvalue weighted by Gasteiger charge is -2.04. The Hall–Kier alpha value is -2.56. The highest BCUT2D eigenvalue weighted by Crippen LogP contribution is 2.29. The maximum atomic E-state index is 5.76. The largest absolute Gasteiger partial charge is 0.495 e. The molecule has 0 aliphatic carbocycles. The minimum atomic E-state index is 0.502. The van der Waals surface area contributed by atoms with E-state index >= 15 is 0 Å². The van der Waals surface area contributed by atoms with Crippen molar-refractivity contribution in [3.8, 4) is 17.2 Å². The van der Waals surface area contributed by atoms with Crippen LogP contribution in [-0.4, -0.2) is 17.1 Å². The van der Waals surface area contributed by atoms with E-state index in [4.69, 9.17) is 14.9 Å². The van der Waals surface area contributed by atoms with Crippen LogP contribution in [0.15, 0.2) is 40.9 Å². The first-order valence-electron chi connectivity index (χ1n) is 5.43. The summed E-state index contributed by atoms with van der Waals surface area (Å²) >= 11 is 0. The van der Waals surface area contributed by atoms with Crippen molar-refractivity contribution in [1.82, 2.24) is 9.97 Å². The molecular weight excluding hydrogens is 230 g/mol. The number of anilines is 1. The Morgan fingerprint density at radius 3 is 2.94 bits per heavy atom. The second kappa shape index (κ2) is 4.03. The van der Waals surface area contributed by atoms with Gasteiger partial charge in [0, 0.05) is 11.8 Å². The number of oxazole rings is 1. The Morgan fingerprint density at radius 1 is 1.28 bits per heavy atom. The predicted octanol–water partition coefficient (Wildman–Crippen LogP) is 2.48. The number of pyridine rings is 1. The van der Waals surface area contributed by atoms with E-state index in [1.807, 2.05) is 12.1 Å². The third-order valence-corrected chi connectivity index (χ3v) is 2.65. The molecule has 90 valence electrons. The number of benzene rings is 1. The van der Waals surface area contributed by atoms with Gasteiger partial charge in [0.05, 0.1) is 12.8 Å². The summed E-state index contributed by atoms with van der Waals surface area (Å²) in [6, 6.07) is 9.02. The zero-order chi connectivity index (χ0) is 12.5. The van der Waals surface area contributed by atoms with Crippen LogP contribution in [0.2, 0.25) is 0 Å². The smallest absolute Gasteiger partial charge is 0.229 e. The Morgan fingerprint density at radius 2 is 2.17 bits per heavy atom. The molecule has 0 unspecified atom stereocenters. The summed E-state index contributed by atoms with van der Waals surface area (Å²) in [5, 5.41) is 0. The van der Waals surface area contributed by atoms with Gasteiger partial charge in [-0.2, -0.15) is 4.98 Å². The Labute approximate surface area is 103 Å². The number of ether oxygens (including phenoxy) is 1. The number of nitrogens with two attached hydrogens (primary N) is 1. The lowest BCUT2D eigenvalue weighted by Crippen LogP contribution is -1.92. The highest BCUT2D eigenvalue weighted by Gasteiger charge is 2.10. The molecule has 0 aliphatic heterocycles. The van der Waals surface area contributed by atoms with E-state index in [9.17, 15) is 0 Å². The molecule has 3 aromatic rings. The second-order valence-corrected chi connectivity index (χ2v) is 3.80. The molecule has 0 amide bonds. The van der Waals surface area contributed by atoms with Crippen molar-refractivity contribution in [2.75, 3.05) is 12.8 Å². The fourth-order valence-electron chi connectivity index (χ4n) is 1.74. The van der Waals surface area contributed by atoms with Gasteiger partial charge in [0.15, 0.2) is 11.2 Å². The summed E-state index contributed by atoms with van der Waals surface area (Å²) in [5.41, 5.74) is 8.39. The van der Waals surface area contributed by atoms with Crippen molar-refractivity contribution < 1.29 is 9.15 Å². The van der Waals surface area contributed by atoms with Crippen molar-refractivity contribution in [3.05, 3.63) is 36.5 Å². The van der Waals surface area contributed by atoms with Crippen molar-refractivity contribution in [1.29, 1.82) is 0 Å². The maximum absolute atomic E-state index is 5.76. The van der Waals surface area contributed by atoms with Crippen LogP contribution in [0, 0.1) is 0 Å². The zero-order valence-electron chi connectivity index (χ0n) is 9.75. The van der Waals surface area contributed by atoms with Gasteiger partial charge in [-0.25, -0.2) is 4.98 Å². The van der Waals surface area contributed by atoms with E-state index in [-0.39, 0.29) is 0 Å². The van der Waals surface area contributed by atoms with Gasteiger partial charge in [-0.3, -0.25) is 0 Å². The zero-order valence-corrected chi connectivity index (χ0v) is 9.75. The molecule has 0 fully saturated rings. The lowest BCUT2D eigenvalue weighted by molar-refractivity contribution is 0.417. The Bertz CT molecular complexity index is 673. The van der Waals surface area contributed by atoms with Crippen LogP contribution in [0.25, 0.3) is 22.7 Å². The third kappa shape index (κ3) is 1.66. The number of rotatable bonds is 2. The topological polar surface area (TPSA) is 74.2 Å². The van der Waals surface area contributed by atoms with Crippen molar-refractivity contribution in [2.45, 2.75) is 0 Å². The van der Waals surface area contributed by atoms with Gasteiger partial charge in [0.1, 0.15) is 5.75 Å². The molecular formula is C13H11N3O2. The molecule has 0 bridgehead atoms. The van der Waals surface area contributed by atoms with Gasteiger partial charge < -0.3 is 14.9 Å². The monoisotopic (exact) mass is 241 g/mol. The van der Waals surface area contributed by atoms with Crippen LogP contribution < -0.4 is 10.5 Å². The lowest BCUT2D eigenvalue weighted by atomic mass is 10.2. The summed E-state index contributed by atoms with van der Waals surface area (Å²) < 4.78 is 10.8. The summed E-state index contributed by atoms with van der Waals surface area (Å²) in [6.07, 6.45) is 1.68. The number of nitrogens with zero attached hydrogens (tertiary/aromatic N) is 2. The fourth-order valence-corrected chi connectivity index (χ4v) is 1.74. The third-order valence-electron chi connectivity index (χ3n) is 2.65. The highest BCUT2D eigenvalue weighted by atomic mass is 16.5. The number of methoxy groups -OCH3 is 1. The van der Waals surface area contributed by atoms with Gasteiger partial charge in [0.25, 0.3) is 0 Å². The Balaban J connectivity index is 2.13. The SMILES string of the molecule is COc1cc(-c2nc3ncccc3o2)ccc1N. The number of aromatic nitrogens is 2. The first-order chi connectivity index (χ1) is 8.78. The average molecular weight is 241 g/mol. The molecule has 0 saturated heterocycles. The number of hydrogen-bond acceptors (Lipinski definition) is 5. The van der Waals surface area contributed by atoms with Gasteiger partial charge in [-0.15, -0.1) is 0 Å². The fraction of sp³-hybridized carbons (Fsp3) is 0.0769. The molecule has 1 aromatic carbocycles. The molecule has 0 saturated carbocycles. The molecule has 2 aromatic heterocycles. The standard InChI is InChI=1S/C13H11N3O2/c1-17-11-7-8(4-5-9(11)14)13-16-12-10(18-13)3-2-6-15-12/h2-7H,14H2,1H3. The summed E-state index contributed by atoms with van der Waals surface area (Å²) in [4.78, 5) is 8.44. The van der Waals surface area contributed by atoms with Crippen LogP contribution in [0.3, 0.4) is 0 Å². The number of hydrogen-bond donors (Lipinski definition) is 1. The molecule has 18 heavy (non-hydrogen) atoms. The molecule has 0 radical (unpaired) electrons. The number of fused-ring (bicyclic) bond motifs is 1. The summed E-state index contributed by atoms with van der Waals surface area (Å²) in [7, 11) is 1.57. The van der Waals surface area contributed by atoms with Gasteiger partial charge in [0.2, 0.25) is 5.89 Å². The average Bonchev–Trinajstić information content (AvgIpc) is 2.83. The molecule has 3 rings (SSSR count). The van der Waals surface area contributed by atoms with E-state index < -0.39 is 0 Å². The van der Waals surface area contributed by atoms with Gasteiger partial charge in [-0.05, 0) is 30.3 Å². The van der Waals surface area contributed by atoms with Crippen molar-refractivity contribution in [2.24, 2.45) is 0 Å². The Kier molecular flexibility index (Phi) is 2.37. The molecule has 0 aliphatic rings. The quantitative estimate of drug-likeness (QED) is 0.697. The molecule has 2 heterocycles. The van der Waals surface area contributed by atoms with Crippen LogP contribution >= 0.6 is 0 Å². The van der Waals surface area contributed by atoms with Crippen LogP contribution in [0.4, 0.5) is 5.69 Å². The number of nitrogen functional groups attached to an aromatic ring is 1. The molecule has 5 heteroatoms. The van der Waals surface area contributed by atoms with Crippen LogP contribution in [0.5, 0.6) is 5.75 Å². The van der Waals surface area contributed by atoms with E-state index in [0.29, 0.717) is 28.6 Å². The van der Waals surface area contributed by atoms with Gasteiger partial charge in [-0.1, -0.05) is 0 Å². The molecule has 0 spiro atoms. The van der Waals surface area contributed by atoms with E-state index in [1.165, 1.54) is 0 Å².